The molecule has 0 amide bonds. The second-order valence-corrected chi connectivity index (χ2v) is 5.93. The zero-order valence-corrected chi connectivity index (χ0v) is 12.6. The molecule has 1 fully saturated rings. The molecule has 1 heterocycles. The molecule has 0 radical (unpaired) electrons. The molecule has 5 nitrogen and oxygen atoms in total. The molecule has 1 saturated carbocycles. The van der Waals surface area contributed by atoms with E-state index >= 15 is 0 Å². The Labute approximate surface area is 121 Å². The molecule has 0 aliphatic heterocycles. The number of hydrogen-bond donors (Lipinski definition) is 0. The van der Waals surface area contributed by atoms with E-state index in [2.05, 4.69) is 20.9 Å². The average Bonchev–Trinajstić information content (AvgIpc) is 2.66. The van der Waals surface area contributed by atoms with Gasteiger partial charge in [0.05, 0.1) is 4.92 Å². The summed E-state index contributed by atoms with van der Waals surface area (Å²) in [5.74, 6) is 0.472. The zero-order chi connectivity index (χ0) is 13.8. The third-order valence-electron chi connectivity index (χ3n) is 3.72. The van der Waals surface area contributed by atoms with E-state index < -0.39 is 0 Å². The minimum Gasteiger partial charge on any atom is -0.351 e. The van der Waals surface area contributed by atoms with Crippen LogP contribution in [0.3, 0.4) is 0 Å². The monoisotopic (exact) mass is 327 g/mol. The predicted octanol–water partition coefficient (Wildman–Crippen LogP) is 3.91. The molecule has 0 bridgehead atoms. The minimum absolute atomic E-state index is 0.0705. The van der Waals surface area contributed by atoms with Crippen LogP contribution in [0.5, 0.6) is 0 Å². The molecule has 0 spiro atoms. The third-order valence-corrected chi connectivity index (χ3v) is 4.15. The number of nitrogens with zero attached hydrogens (tertiary/aromatic N) is 3. The molecule has 6 heteroatoms. The maximum atomic E-state index is 11.1. The predicted molar refractivity (Wildman–Crippen MR) is 78.5 cm³/mol. The van der Waals surface area contributed by atoms with E-state index in [1.54, 1.807) is 6.20 Å². The van der Waals surface area contributed by atoms with Crippen LogP contribution in [0.15, 0.2) is 16.7 Å². The van der Waals surface area contributed by atoms with Crippen molar-refractivity contribution in [1.29, 1.82) is 0 Å². The van der Waals surface area contributed by atoms with Crippen molar-refractivity contribution < 1.29 is 4.92 Å². The van der Waals surface area contributed by atoms with Crippen molar-refractivity contribution in [3.63, 3.8) is 0 Å². The summed E-state index contributed by atoms with van der Waals surface area (Å²) in [7, 11) is 1.92. The Kier molecular flexibility index (Phi) is 4.74. The van der Waals surface area contributed by atoms with Crippen LogP contribution < -0.4 is 4.90 Å². The highest BCUT2D eigenvalue weighted by molar-refractivity contribution is 9.10. The van der Waals surface area contributed by atoms with Crippen LogP contribution in [-0.4, -0.2) is 23.0 Å². The number of rotatable bonds is 3. The lowest BCUT2D eigenvalue weighted by Crippen LogP contribution is -2.32. The molecule has 1 aliphatic rings. The van der Waals surface area contributed by atoms with Crippen LogP contribution in [0.4, 0.5) is 11.5 Å². The SMILES string of the molecule is CN(c1ncc(Br)cc1[N+](=O)[O-])C1CCCCCC1. The molecule has 104 valence electrons. The lowest BCUT2D eigenvalue weighted by atomic mass is 10.1. The Balaban J connectivity index is 2.26. The summed E-state index contributed by atoms with van der Waals surface area (Å²) in [5, 5.41) is 11.1. The Hall–Kier alpha value is -1.17. The highest BCUT2D eigenvalue weighted by Gasteiger charge is 2.25. The maximum absolute atomic E-state index is 11.1. The highest BCUT2D eigenvalue weighted by atomic mass is 79.9. The van der Waals surface area contributed by atoms with Gasteiger partial charge in [0.2, 0.25) is 5.82 Å². The Morgan fingerprint density at radius 3 is 2.58 bits per heavy atom. The number of nitro groups is 1. The molecular formula is C13H18BrN3O2. The summed E-state index contributed by atoms with van der Waals surface area (Å²) < 4.78 is 0.636. The molecule has 1 aromatic rings. The molecule has 1 aromatic heterocycles. The lowest BCUT2D eigenvalue weighted by Gasteiger charge is -2.27. The Morgan fingerprint density at radius 1 is 1.37 bits per heavy atom. The molecule has 0 saturated heterocycles. The number of anilines is 1. The van der Waals surface area contributed by atoms with Gasteiger partial charge in [-0.3, -0.25) is 10.1 Å². The van der Waals surface area contributed by atoms with E-state index in [0.29, 0.717) is 16.3 Å². The van der Waals surface area contributed by atoms with Gasteiger partial charge < -0.3 is 4.90 Å². The molecule has 0 N–H and O–H groups in total. The van der Waals surface area contributed by atoms with E-state index in [1.807, 2.05) is 11.9 Å². The minimum atomic E-state index is -0.361. The summed E-state index contributed by atoms with van der Waals surface area (Å²) in [6.07, 6.45) is 8.71. The summed E-state index contributed by atoms with van der Waals surface area (Å²) in [6.45, 7) is 0. The van der Waals surface area contributed by atoms with Crippen molar-refractivity contribution in [3.8, 4) is 0 Å². The topological polar surface area (TPSA) is 59.3 Å². The maximum Gasteiger partial charge on any atom is 0.312 e. The van der Waals surface area contributed by atoms with Gasteiger partial charge in [-0.25, -0.2) is 4.98 Å². The van der Waals surface area contributed by atoms with Crippen LogP contribution in [0.25, 0.3) is 0 Å². The first-order chi connectivity index (χ1) is 9.09. The first-order valence-corrected chi connectivity index (χ1v) is 7.41. The third kappa shape index (κ3) is 3.43. The van der Waals surface area contributed by atoms with Gasteiger partial charge in [-0.05, 0) is 28.8 Å². The fourth-order valence-corrected chi connectivity index (χ4v) is 2.96. The normalized spacial score (nSPS) is 16.9. The van der Waals surface area contributed by atoms with Gasteiger partial charge in [0, 0.05) is 29.8 Å². The smallest absolute Gasteiger partial charge is 0.312 e. The van der Waals surface area contributed by atoms with Crippen LogP contribution >= 0.6 is 15.9 Å². The van der Waals surface area contributed by atoms with Gasteiger partial charge in [-0.15, -0.1) is 0 Å². The standard InChI is InChI=1S/C13H18BrN3O2/c1-16(11-6-4-2-3-5-7-11)13-12(17(18)19)8-10(14)9-15-13/h8-9,11H,2-7H2,1H3. The van der Waals surface area contributed by atoms with Gasteiger partial charge in [-0.2, -0.15) is 0 Å². The molecule has 19 heavy (non-hydrogen) atoms. The Morgan fingerprint density at radius 2 is 2.00 bits per heavy atom. The van der Waals surface area contributed by atoms with Crippen LogP contribution in [0.1, 0.15) is 38.5 Å². The highest BCUT2D eigenvalue weighted by Crippen LogP contribution is 2.31. The summed E-state index contributed by atoms with van der Waals surface area (Å²) >= 11 is 3.24. The second-order valence-electron chi connectivity index (χ2n) is 5.01. The first-order valence-electron chi connectivity index (χ1n) is 6.62. The number of aromatic nitrogens is 1. The Bertz CT molecular complexity index is 459. The van der Waals surface area contributed by atoms with Crippen molar-refractivity contribution in [2.45, 2.75) is 44.6 Å². The average molecular weight is 328 g/mol. The second kappa shape index (κ2) is 6.32. The molecule has 2 rings (SSSR count). The van der Waals surface area contributed by atoms with Crippen molar-refractivity contribution in [3.05, 3.63) is 26.9 Å². The molecular weight excluding hydrogens is 310 g/mol. The van der Waals surface area contributed by atoms with E-state index in [4.69, 9.17) is 0 Å². The van der Waals surface area contributed by atoms with Crippen molar-refractivity contribution in [1.82, 2.24) is 4.98 Å². The van der Waals surface area contributed by atoms with E-state index in [1.165, 1.54) is 31.7 Å². The summed E-state index contributed by atoms with van der Waals surface area (Å²) in [5.41, 5.74) is 0.0705. The first kappa shape index (κ1) is 14.2. The number of hydrogen-bond acceptors (Lipinski definition) is 4. The van der Waals surface area contributed by atoms with Gasteiger partial charge in [0.25, 0.3) is 0 Å². The van der Waals surface area contributed by atoms with E-state index in [0.717, 1.165) is 12.8 Å². The zero-order valence-electron chi connectivity index (χ0n) is 11.0. The van der Waals surface area contributed by atoms with Gasteiger partial charge in [-0.1, -0.05) is 25.7 Å². The molecule has 0 atom stereocenters. The fraction of sp³-hybridized carbons (Fsp3) is 0.615. The quantitative estimate of drug-likeness (QED) is 0.479. The van der Waals surface area contributed by atoms with Crippen LogP contribution in [0.2, 0.25) is 0 Å². The summed E-state index contributed by atoms with van der Waals surface area (Å²) in [6, 6.07) is 1.88. The van der Waals surface area contributed by atoms with Gasteiger partial charge in [0.1, 0.15) is 0 Å². The molecule has 1 aliphatic carbocycles. The van der Waals surface area contributed by atoms with E-state index in [-0.39, 0.29) is 10.6 Å². The summed E-state index contributed by atoms with van der Waals surface area (Å²) in [4.78, 5) is 17.0. The number of halogens is 1. The van der Waals surface area contributed by atoms with Crippen molar-refractivity contribution >= 4 is 27.4 Å². The molecule has 0 aromatic carbocycles. The lowest BCUT2D eigenvalue weighted by molar-refractivity contribution is -0.384. The van der Waals surface area contributed by atoms with Crippen molar-refractivity contribution in [2.24, 2.45) is 0 Å². The van der Waals surface area contributed by atoms with Gasteiger partial charge in [0.15, 0.2) is 0 Å². The molecule has 0 unspecified atom stereocenters. The van der Waals surface area contributed by atoms with E-state index in [9.17, 15) is 10.1 Å². The fourth-order valence-electron chi connectivity index (χ4n) is 2.65. The van der Waals surface area contributed by atoms with Crippen LogP contribution in [0, 0.1) is 10.1 Å². The van der Waals surface area contributed by atoms with Gasteiger partial charge >= 0.3 is 5.69 Å². The van der Waals surface area contributed by atoms with Crippen molar-refractivity contribution in [2.75, 3.05) is 11.9 Å². The largest absolute Gasteiger partial charge is 0.351 e. The van der Waals surface area contributed by atoms with Crippen LogP contribution in [-0.2, 0) is 0 Å². The number of pyridine rings is 1.